The largest absolute Gasteiger partial charge is 0.387 e. The van der Waals surface area contributed by atoms with Crippen LogP contribution in [0.2, 0.25) is 0 Å². The molecule has 1 aliphatic carbocycles. The lowest BCUT2D eigenvalue weighted by atomic mass is 9.96. The van der Waals surface area contributed by atoms with Crippen molar-refractivity contribution in [3.05, 3.63) is 35.4 Å². The van der Waals surface area contributed by atoms with Gasteiger partial charge in [0.2, 0.25) is 0 Å². The van der Waals surface area contributed by atoms with E-state index >= 15 is 0 Å². The fraction of sp³-hybridized carbons (Fsp3) is 0.684. The molecular formula is C19H31NO. The van der Waals surface area contributed by atoms with E-state index in [-0.39, 0.29) is 6.04 Å². The van der Waals surface area contributed by atoms with Crippen LogP contribution in [-0.4, -0.2) is 17.2 Å². The molecule has 118 valence electrons. The van der Waals surface area contributed by atoms with Crippen molar-refractivity contribution in [3.8, 4) is 0 Å². The second-order valence-corrected chi connectivity index (χ2v) is 6.95. The number of hydrogen-bond acceptors (Lipinski definition) is 2. The van der Waals surface area contributed by atoms with Gasteiger partial charge in [0.25, 0.3) is 0 Å². The first-order valence-corrected chi connectivity index (χ1v) is 8.63. The van der Waals surface area contributed by atoms with Gasteiger partial charge in [-0.25, -0.2) is 0 Å². The predicted molar refractivity (Wildman–Crippen MR) is 89.4 cm³/mol. The number of benzene rings is 1. The number of rotatable bonds is 7. The molecule has 0 aromatic heterocycles. The summed E-state index contributed by atoms with van der Waals surface area (Å²) in [5.41, 5.74) is 2.40. The highest BCUT2D eigenvalue weighted by Gasteiger charge is 2.24. The maximum absolute atomic E-state index is 10.7. The smallest absolute Gasteiger partial charge is 0.0942 e. The molecule has 0 amide bonds. The zero-order chi connectivity index (χ0) is 15.2. The third-order valence-electron chi connectivity index (χ3n) is 4.59. The Hall–Kier alpha value is -0.860. The van der Waals surface area contributed by atoms with E-state index in [9.17, 15) is 5.11 Å². The molecule has 21 heavy (non-hydrogen) atoms. The van der Waals surface area contributed by atoms with Gasteiger partial charge >= 0.3 is 0 Å². The molecule has 0 heterocycles. The van der Waals surface area contributed by atoms with Gasteiger partial charge in [-0.15, -0.1) is 0 Å². The SMILES string of the molecule is CCC(NC1CCCC1)C(O)c1ccc(CC(C)C)cc1. The van der Waals surface area contributed by atoms with Gasteiger partial charge in [0.05, 0.1) is 6.10 Å². The lowest BCUT2D eigenvalue weighted by molar-refractivity contribution is 0.119. The van der Waals surface area contributed by atoms with E-state index < -0.39 is 6.10 Å². The van der Waals surface area contributed by atoms with Crippen molar-refractivity contribution in [2.24, 2.45) is 5.92 Å². The molecule has 1 aromatic rings. The fourth-order valence-corrected chi connectivity index (χ4v) is 3.38. The van der Waals surface area contributed by atoms with E-state index in [2.05, 4.69) is 50.4 Å². The van der Waals surface area contributed by atoms with Crippen LogP contribution in [0, 0.1) is 5.92 Å². The third kappa shape index (κ3) is 4.82. The number of aliphatic hydroxyl groups excluding tert-OH is 1. The summed E-state index contributed by atoms with van der Waals surface area (Å²) in [6.07, 6.45) is 6.85. The van der Waals surface area contributed by atoms with E-state index in [0.717, 1.165) is 18.4 Å². The lowest BCUT2D eigenvalue weighted by Crippen LogP contribution is -2.40. The van der Waals surface area contributed by atoms with Crippen LogP contribution in [0.1, 0.15) is 70.1 Å². The Morgan fingerprint density at radius 3 is 2.29 bits per heavy atom. The van der Waals surface area contributed by atoms with Crippen LogP contribution in [0.15, 0.2) is 24.3 Å². The molecule has 2 rings (SSSR count). The zero-order valence-electron chi connectivity index (χ0n) is 13.8. The first-order chi connectivity index (χ1) is 10.1. The van der Waals surface area contributed by atoms with E-state index in [4.69, 9.17) is 0 Å². The fourth-order valence-electron chi connectivity index (χ4n) is 3.38. The highest BCUT2D eigenvalue weighted by molar-refractivity contribution is 5.25. The van der Waals surface area contributed by atoms with Gasteiger partial charge in [0, 0.05) is 12.1 Å². The van der Waals surface area contributed by atoms with Gasteiger partial charge in [-0.3, -0.25) is 0 Å². The van der Waals surface area contributed by atoms with E-state index in [1.54, 1.807) is 0 Å². The summed E-state index contributed by atoms with van der Waals surface area (Å²) in [5.74, 6) is 0.674. The van der Waals surface area contributed by atoms with Crippen LogP contribution >= 0.6 is 0 Å². The molecule has 2 nitrogen and oxygen atoms in total. The maximum Gasteiger partial charge on any atom is 0.0942 e. The Morgan fingerprint density at radius 2 is 1.76 bits per heavy atom. The second kappa shape index (κ2) is 7.95. The molecule has 2 unspecified atom stereocenters. The average Bonchev–Trinajstić information content (AvgIpc) is 2.97. The first kappa shape index (κ1) is 16.5. The van der Waals surface area contributed by atoms with Crippen molar-refractivity contribution >= 4 is 0 Å². The summed E-state index contributed by atoms with van der Waals surface area (Å²) in [6.45, 7) is 6.63. The van der Waals surface area contributed by atoms with Crippen LogP contribution in [0.4, 0.5) is 0 Å². The number of aliphatic hydroxyl groups is 1. The molecule has 1 aliphatic rings. The summed E-state index contributed by atoms with van der Waals surface area (Å²) in [7, 11) is 0. The van der Waals surface area contributed by atoms with Gasteiger partial charge < -0.3 is 10.4 Å². The summed E-state index contributed by atoms with van der Waals surface area (Å²) in [4.78, 5) is 0. The molecule has 1 aromatic carbocycles. The third-order valence-corrected chi connectivity index (χ3v) is 4.59. The Balaban J connectivity index is 1.97. The Labute approximate surface area is 130 Å². The topological polar surface area (TPSA) is 32.3 Å². The number of nitrogens with one attached hydrogen (secondary N) is 1. The van der Waals surface area contributed by atoms with E-state index in [1.807, 2.05) is 0 Å². The van der Waals surface area contributed by atoms with Crippen LogP contribution in [0.5, 0.6) is 0 Å². The molecule has 0 saturated heterocycles. The number of hydrogen-bond donors (Lipinski definition) is 2. The molecule has 2 N–H and O–H groups in total. The van der Waals surface area contributed by atoms with Crippen molar-refractivity contribution in [2.45, 2.75) is 77.5 Å². The Morgan fingerprint density at radius 1 is 1.14 bits per heavy atom. The summed E-state index contributed by atoms with van der Waals surface area (Å²) in [6, 6.07) is 9.30. The van der Waals surface area contributed by atoms with E-state index in [1.165, 1.54) is 31.2 Å². The lowest BCUT2D eigenvalue weighted by Gasteiger charge is -2.27. The standard InChI is InChI=1S/C19H31NO/c1-4-18(20-17-7-5-6-8-17)19(21)16-11-9-15(10-12-16)13-14(2)3/h9-12,14,17-21H,4-8,13H2,1-3H3. The minimum Gasteiger partial charge on any atom is -0.387 e. The summed E-state index contributed by atoms with van der Waals surface area (Å²) >= 11 is 0. The van der Waals surface area contributed by atoms with Crippen molar-refractivity contribution < 1.29 is 5.11 Å². The van der Waals surface area contributed by atoms with Crippen LogP contribution in [-0.2, 0) is 6.42 Å². The first-order valence-electron chi connectivity index (χ1n) is 8.63. The van der Waals surface area contributed by atoms with Gasteiger partial charge in [0.15, 0.2) is 0 Å². The Bertz CT molecular complexity index is 406. The molecule has 0 bridgehead atoms. The van der Waals surface area contributed by atoms with Crippen molar-refractivity contribution in [1.29, 1.82) is 0 Å². The summed E-state index contributed by atoms with van der Waals surface area (Å²) < 4.78 is 0. The minimum atomic E-state index is -0.399. The van der Waals surface area contributed by atoms with E-state index in [0.29, 0.717) is 12.0 Å². The molecule has 1 fully saturated rings. The maximum atomic E-state index is 10.7. The monoisotopic (exact) mass is 289 g/mol. The molecule has 1 saturated carbocycles. The Kier molecular flexibility index (Phi) is 6.25. The van der Waals surface area contributed by atoms with Gasteiger partial charge in [-0.05, 0) is 42.7 Å². The van der Waals surface area contributed by atoms with Crippen LogP contribution in [0.3, 0.4) is 0 Å². The van der Waals surface area contributed by atoms with Crippen molar-refractivity contribution in [2.75, 3.05) is 0 Å². The van der Waals surface area contributed by atoms with Crippen molar-refractivity contribution in [3.63, 3.8) is 0 Å². The molecule has 0 spiro atoms. The van der Waals surface area contributed by atoms with Crippen LogP contribution in [0.25, 0.3) is 0 Å². The van der Waals surface area contributed by atoms with Crippen molar-refractivity contribution in [1.82, 2.24) is 5.32 Å². The predicted octanol–water partition coefficient (Wildman–Crippen LogP) is 4.23. The highest BCUT2D eigenvalue weighted by atomic mass is 16.3. The molecule has 0 aliphatic heterocycles. The van der Waals surface area contributed by atoms with Gasteiger partial charge in [0.1, 0.15) is 0 Å². The van der Waals surface area contributed by atoms with Gasteiger partial charge in [-0.2, -0.15) is 0 Å². The molecule has 2 heteroatoms. The molecule has 0 radical (unpaired) electrons. The normalized spacial score (nSPS) is 19.1. The van der Waals surface area contributed by atoms with Crippen LogP contribution < -0.4 is 5.32 Å². The zero-order valence-corrected chi connectivity index (χ0v) is 13.8. The second-order valence-electron chi connectivity index (χ2n) is 6.95. The molecular weight excluding hydrogens is 258 g/mol. The highest BCUT2D eigenvalue weighted by Crippen LogP contribution is 2.24. The molecule has 2 atom stereocenters. The van der Waals surface area contributed by atoms with Gasteiger partial charge in [-0.1, -0.05) is 57.9 Å². The summed E-state index contributed by atoms with van der Waals surface area (Å²) in [5, 5.41) is 14.3. The average molecular weight is 289 g/mol. The minimum absolute atomic E-state index is 0.170. The quantitative estimate of drug-likeness (QED) is 0.787.